The summed E-state index contributed by atoms with van der Waals surface area (Å²) in [6.07, 6.45) is 0.0907. The summed E-state index contributed by atoms with van der Waals surface area (Å²) in [6.45, 7) is 5.37. The first-order valence-electron chi connectivity index (χ1n) is 9.53. The number of ether oxygens (including phenoxy) is 1. The van der Waals surface area contributed by atoms with Crippen LogP contribution in [0.1, 0.15) is 25.0 Å². The van der Waals surface area contributed by atoms with Crippen LogP contribution in [0.4, 0.5) is 4.39 Å². The van der Waals surface area contributed by atoms with E-state index < -0.39 is 10.0 Å². The van der Waals surface area contributed by atoms with Crippen LogP contribution in [-0.2, 0) is 26.0 Å². The highest BCUT2D eigenvalue weighted by atomic mass is 32.2. The number of carbonyl (C=O) groups is 1. The predicted octanol–water partition coefficient (Wildman–Crippen LogP) is 4.36. The van der Waals surface area contributed by atoms with Crippen LogP contribution < -0.4 is 4.72 Å². The van der Waals surface area contributed by atoms with Crippen LogP contribution in [0.25, 0.3) is 21.9 Å². The van der Waals surface area contributed by atoms with E-state index >= 15 is 0 Å². The smallest absolute Gasteiger partial charge is 0.309 e. The maximum atomic E-state index is 14.0. The summed E-state index contributed by atoms with van der Waals surface area (Å²) in [4.78, 5) is 12.0. The average Bonchev–Trinajstić information content (AvgIpc) is 2.68. The number of carbonyl (C=O) groups excluding carboxylic acids is 1. The molecule has 0 spiro atoms. The first-order chi connectivity index (χ1) is 14.1. The molecule has 0 saturated heterocycles. The minimum atomic E-state index is -3.62. The molecule has 0 aliphatic carbocycles. The fourth-order valence-corrected chi connectivity index (χ4v) is 4.74. The number of benzene rings is 3. The van der Waals surface area contributed by atoms with E-state index in [0.717, 1.165) is 27.6 Å². The van der Waals surface area contributed by atoms with Gasteiger partial charge in [-0.1, -0.05) is 24.3 Å². The Labute approximate surface area is 175 Å². The third-order valence-electron chi connectivity index (χ3n) is 4.88. The molecule has 3 rings (SSSR count). The number of rotatable bonds is 6. The molecule has 0 aliphatic rings. The van der Waals surface area contributed by atoms with Gasteiger partial charge in [0.1, 0.15) is 5.82 Å². The van der Waals surface area contributed by atoms with E-state index in [4.69, 9.17) is 4.74 Å². The van der Waals surface area contributed by atoms with E-state index in [0.29, 0.717) is 5.39 Å². The lowest BCUT2D eigenvalue weighted by molar-refractivity contribution is -0.139. The van der Waals surface area contributed by atoms with Gasteiger partial charge in [0.15, 0.2) is 0 Å². The molecule has 3 aromatic carbocycles. The zero-order chi connectivity index (χ0) is 22.1. The van der Waals surface area contributed by atoms with Crippen molar-refractivity contribution in [2.24, 2.45) is 0 Å². The van der Waals surface area contributed by atoms with Gasteiger partial charge in [0.2, 0.25) is 10.0 Å². The van der Waals surface area contributed by atoms with Crippen LogP contribution in [0.3, 0.4) is 0 Å². The Morgan fingerprint density at radius 1 is 1.10 bits per heavy atom. The molecule has 0 aliphatic heterocycles. The third-order valence-corrected chi connectivity index (χ3v) is 6.55. The summed E-state index contributed by atoms with van der Waals surface area (Å²) in [5.74, 6) is -0.740. The summed E-state index contributed by atoms with van der Waals surface area (Å²) in [5.41, 5.74) is 3.08. The Bertz CT molecular complexity index is 1200. The lowest BCUT2D eigenvalue weighted by Gasteiger charge is -2.16. The maximum Gasteiger partial charge on any atom is 0.309 e. The molecule has 0 aromatic heterocycles. The molecule has 7 heteroatoms. The van der Waals surface area contributed by atoms with Crippen molar-refractivity contribution in [1.29, 1.82) is 0 Å². The van der Waals surface area contributed by atoms with Crippen LogP contribution >= 0.6 is 0 Å². The van der Waals surface area contributed by atoms with Crippen molar-refractivity contribution in [1.82, 2.24) is 4.72 Å². The zero-order valence-corrected chi connectivity index (χ0v) is 18.1. The third kappa shape index (κ3) is 4.52. The lowest BCUT2D eigenvalue weighted by atomic mass is 9.89. The number of fused-ring (bicyclic) bond motifs is 1. The standard InChI is InChI=1S/C23H24FNO4S/c1-14(2)25-30(27,28)20-9-6-16(7-10-20)23-15(3)18(12-22(26)29-4)11-17-5-8-19(24)13-21(17)23/h5-11,13-14,25H,12H2,1-4H3. The molecule has 0 amide bonds. The fourth-order valence-electron chi connectivity index (χ4n) is 3.49. The summed E-state index contributed by atoms with van der Waals surface area (Å²) in [5, 5.41) is 1.48. The molecule has 0 radical (unpaired) electrons. The highest BCUT2D eigenvalue weighted by Gasteiger charge is 2.18. The SMILES string of the molecule is COC(=O)Cc1cc2ccc(F)cc2c(-c2ccc(S(=O)(=O)NC(C)C)cc2)c1C. The van der Waals surface area contributed by atoms with Gasteiger partial charge < -0.3 is 4.74 Å². The van der Waals surface area contributed by atoms with Crippen molar-refractivity contribution < 1.29 is 22.3 Å². The minimum absolute atomic E-state index is 0.0907. The number of nitrogens with one attached hydrogen (secondary N) is 1. The molecule has 0 fully saturated rings. The highest BCUT2D eigenvalue weighted by molar-refractivity contribution is 7.89. The predicted molar refractivity (Wildman–Crippen MR) is 115 cm³/mol. The molecule has 3 aromatic rings. The van der Waals surface area contributed by atoms with Gasteiger partial charge in [-0.15, -0.1) is 0 Å². The Morgan fingerprint density at radius 3 is 2.37 bits per heavy atom. The number of hydrogen-bond acceptors (Lipinski definition) is 4. The van der Waals surface area contributed by atoms with Crippen LogP contribution in [0.2, 0.25) is 0 Å². The van der Waals surface area contributed by atoms with Crippen molar-refractivity contribution in [2.75, 3.05) is 7.11 Å². The van der Waals surface area contributed by atoms with Gasteiger partial charge in [0, 0.05) is 6.04 Å². The normalized spacial score (nSPS) is 11.8. The fraction of sp³-hybridized carbons (Fsp3) is 0.261. The molecule has 30 heavy (non-hydrogen) atoms. The van der Waals surface area contributed by atoms with Gasteiger partial charge in [0.05, 0.1) is 18.4 Å². The first-order valence-corrected chi connectivity index (χ1v) is 11.0. The van der Waals surface area contributed by atoms with Gasteiger partial charge in [-0.25, -0.2) is 17.5 Å². The summed E-state index contributed by atoms with van der Waals surface area (Å²) < 4.78 is 46.2. The average molecular weight is 430 g/mol. The number of hydrogen-bond donors (Lipinski definition) is 1. The quantitative estimate of drug-likeness (QED) is 0.591. The second-order valence-corrected chi connectivity index (χ2v) is 9.17. The molecule has 158 valence electrons. The number of halogens is 1. The first kappa shape index (κ1) is 21.9. The number of sulfonamides is 1. The second-order valence-electron chi connectivity index (χ2n) is 7.45. The van der Waals surface area contributed by atoms with E-state index in [-0.39, 0.29) is 29.1 Å². The van der Waals surface area contributed by atoms with E-state index in [1.54, 1.807) is 32.0 Å². The Morgan fingerprint density at radius 2 is 1.77 bits per heavy atom. The Hall–Kier alpha value is -2.77. The minimum Gasteiger partial charge on any atom is -0.469 e. The van der Waals surface area contributed by atoms with Crippen LogP contribution in [-0.4, -0.2) is 27.5 Å². The van der Waals surface area contributed by atoms with Crippen molar-refractivity contribution in [3.05, 3.63) is 65.5 Å². The molecule has 0 saturated carbocycles. The van der Waals surface area contributed by atoms with Crippen LogP contribution in [0, 0.1) is 12.7 Å². The molecule has 0 atom stereocenters. The molecule has 0 heterocycles. The Balaban J connectivity index is 2.17. The largest absolute Gasteiger partial charge is 0.469 e. The highest BCUT2D eigenvalue weighted by Crippen LogP contribution is 2.35. The molecule has 0 bridgehead atoms. The van der Waals surface area contributed by atoms with Crippen molar-refractivity contribution in [3.8, 4) is 11.1 Å². The van der Waals surface area contributed by atoms with Gasteiger partial charge in [-0.3, -0.25) is 4.79 Å². The van der Waals surface area contributed by atoms with E-state index in [9.17, 15) is 17.6 Å². The van der Waals surface area contributed by atoms with Crippen molar-refractivity contribution in [2.45, 2.75) is 38.1 Å². The van der Waals surface area contributed by atoms with E-state index in [1.807, 2.05) is 13.0 Å². The maximum absolute atomic E-state index is 14.0. The van der Waals surface area contributed by atoms with E-state index in [1.165, 1.54) is 31.4 Å². The lowest BCUT2D eigenvalue weighted by Crippen LogP contribution is -2.30. The Kier molecular flexibility index (Phi) is 6.24. The van der Waals surface area contributed by atoms with Gasteiger partial charge in [-0.2, -0.15) is 0 Å². The van der Waals surface area contributed by atoms with Crippen molar-refractivity contribution in [3.63, 3.8) is 0 Å². The summed E-state index contributed by atoms with van der Waals surface area (Å²) in [6, 6.07) is 12.6. The molecule has 0 unspecified atom stereocenters. The van der Waals surface area contributed by atoms with Crippen molar-refractivity contribution >= 4 is 26.8 Å². The topological polar surface area (TPSA) is 72.5 Å². The van der Waals surface area contributed by atoms with Crippen LogP contribution in [0.5, 0.6) is 0 Å². The molecular formula is C23H24FNO4S. The monoisotopic (exact) mass is 429 g/mol. The summed E-state index contributed by atoms with van der Waals surface area (Å²) in [7, 11) is -2.28. The molecule has 5 nitrogen and oxygen atoms in total. The van der Waals surface area contributed by atoms with Gasteiger partial charge in [0.25, 0.3) is 0 Å². The molecule has 1 N–H and O–H groups in total. The van der Waals surface area contributed by atoms with Gasteiger partial charge >= 0.3 is 5.97 Å². The number of esters is 1. The van der Waals surface area contributed by atoms with Crippen LogP contribution in [0.15, 0.2) is 53.4 Å². The number of methoxy groups -OCH3 is 1. The summed E-state index contributed by atoms with van der Waals surface area (Å²) >= 11 is 0. The second kappa shape index (κ2) is 8.53. The zero-order valence-electron chi connectivity index (χ0n) is 17.3. The van der Waals surface area contributed by atoms with E-state index in [2.05, 4.69) is 4.72 Å². The molecular weight excluding hydrogens is 405 g/mol. The van der Waals surface area contributed by atoms with Gasteiger partial charge in [-0.05, 0) is 78.1 Å².